The third kappa shape index (κ3) is 3.24. The van der Waals surface area contributed by atoms with Gasteiger partial charge in [0.25, 0.3) is 0 Å². The third-order valence-corrected chi connectivity index (χ3v) is 4.30. The van der Waals surface area contributed by atoms with Gasteiger partial charge in [0.05, 0.1) is 5.41 Å². The predicted octanol–water partition coefficient (Wildman–Crippen LogP) is 4.76. The summed E-state index contributed by atoms with van der Waals surface area (Å²) in [6.45, 7) is 9.54. The van der Waals surface area contributed by atoms with E-state index in [-0.39, 0.29) is 11.7 Å². The van der Waals surface area contributed by atoms with Crippen LogP contribution in [-0.2, 0) is 15.1 Å². The van der Waals surface area contributed by atoms with Gasteiger partial charge in [0.15, 0.2) is 0 Å². The van der Waals surface area contributed by atoms with E-state index in [2.05, 4.69) is 0 Å². The van der Waals surface area contributed by atoms with Gasteiger partial charge < -0.3 is 9.84 Å². The first kappa shape index (κ1) is 16.3. The van der Waals surface area contributed by atoms with Crippen molar-refractivity contribution in [2.24, 2.45) is 5.41 Å². The number of phenols is 1. The lowest BCUT2D eigenvalue weighted by Gasteiger charge is -2.31. The number of phenolic OH excluding ortho intramolecular Hbond substituents is 1. The van der Waals surface area contributed by atoms with Gasteiger partial charge in [-0.05, 0) is 68.7 Å². The average Bonchev–Trinajstić information content (AvgIpc) is 2.45. The van der Waals surface area contributed by atoms with Crippen molar-refractivity contribution in [2.45, 2.75) is 46.6 Å². The molecule has 0 unspecified atom stereocenters. The Labute approximate surface area is 131 Å². The summed E-state index contributed by atoms with van der Waals surface area (Å²) in [6.07, 6.45) is 0.730. The molecule has 0 atom stereocenters. The highest BCUT2D eigenvalue weighted by Gasteiger charge is 2.33. The topological polar surface area (TPSA) is 46.5 Å². The SMILES string of the molecule is CCC(C)(C)C(=O)OC(C)(C)c1ccc2ccc(O)cc2c1. The number of rotatable bonds is 4. The van der Waals surface area contributed by atoms with E-state index >= 15 is 0 Å². The summed E-state index contributed by atoms with van der Waals surface area (Å²) in [5, 5.41) is 11.6. The zero-order valence-corrected chi connectivity index (χ0v) is 13.9. The molecule has 0 saturated heterocycles. The summed E-state index contributed by atoms with van der Waals surface area (Å²) in [5.74, 6) is 0.0302. The van der Waals surface area contributed by atoms with Crippen LogP contribution in [0.15, 0.2) is 36.4 Å². The second-order valence-corrected chi connectivity index (χ2v) is 6.88. The van der Waals surface area contributed by atoms with Crippen molar-refractivity contribution < 1.29 is 14.6 Å². The summed E-state index contributed by atoms with van der Waals surface area (Å²) in [4.78, 5) is 12.3. The van der Waals surface area contributed by atoms with E-state index in [4.69, 9.17) is 4.74 Å². The zero-order chi connectivity index (χ0) is 16.5. The minimum absolute atomic E-state index is 0.198. The molecule has 2 aromatic rings. The number of carbonyl (C=O) groups excluding carboxylic acids is 1. The first-order valence-corrected chi connectivity index (χ1v) is 7.62. The molecule has 0 fully saturated rings. The van der Waals surface area contributed by atoms with Gasteiger partial charge in [0, 0.05) is 0 Å². The van der Waals surface area contributed by atoms with Crippen LogP contribution in [0, 0.1) is 5.41 Å². The summed E-state index contributed by atoms with van der Waals surface area (Å²) >= 11 is 0. The molecule has 0 saturated carbocycles. The molecule has 0 aliphatic carbocycles. The number of ether oxygens (including phenoxy) is 1. The van der Waals surface area contributed by atoms with Crippen molar-refractivity contribution in [1.82, 2.24) is 0 Å². The van der Waals surface area contributed by atoms with Gasteiger partial charge in [-0.3, -0.25) is 4.79 Å². The molecular formula is C19H24O3. The molecule has 2 rings (SSSR count). The maximum Gasteiger partial charge on any atom is 0.312 e. The fourth-order valence-corrected chi connectivity index (χ4v) is 2.18. The van der Waals surface area contributed by atoms with E-state index in [1.165, 1.54) is 0 Å². The maximum absolute atomic E-state index is 12.3. The van der Waals surface area contributed by atoms with Crippen molar-refractivity contribution in [3.63, 3.8) is 0 Å². The monoisotopic (exact) mass is 300 g/mol. The highest BCUT2D eigenvalue weighted by atomic mass is 16.6. The van der Waals surface area contributed by atoms with Crippen LogP contribution in [0.1, 0.15) is 46.6 Å². The summed E-state index contributed by atoms with van der Waals surface area (Å²) in [7, 11) is 0. The van der Waals surface area contributed by atoms with Crippen molar-refractivity contribution >= 4 is 16.7 Å². The van der Waals surface area contributed by atoms with Crippen LogP contribution in [0.25, 0.3) is 10.8 Å². The zero-order valence-electron chi connectivity index (χ0n) is 13.9. The van der Waals surface area contributed by atoms with Gasteiger partial charge in [0.2, 0.25) is 0 Å². The second kappa shape index (κ2) is 5.64. The highest BCUT2D eigenvalue weighted by molar-refractivity contribution is 5.85. The number of esters is 1. The van der Waals surface area contributed by atoms with Crippen LogP contribution >= 0.6 is 0 Å². The molecule has 0 aliphatic rings. The highest BCUT2D eigenvalue weighted by Crippen LogP contribution is 2.32. The van der Waals surface area contributed by atoms with E-state index in [1.807, 2.05) is 58.9 Å². The molecule has 0 amide bonds. The normalized spacial score (nSPS) is 12.4. The summed E-state index contributed by atoms with van der Waals surface area (Å²) in [6, 6.07) is 11.1. The fourth-order valence-electron chi connectivity index (χ4n) is 2.18. The van der Waals surface area contributed by atoms with E-state index < -0.39 is 11.0 Å². The van der Waals surface area contributed by atoms with E-state index in [0.717, 1.165) is 22.8 Å². The van der Waals surface area contributed by atoms with E-state index in [9.17, 15) is 9.90 Å². The third-order valence-electron chi connectivity index (χ3n) is 4.30. The van der Waals surface area contributed by atoms with Crippen molar-refractivity contribution in [2.75, 3.05) is 0 Å². The molecule has 118 valence electrons. The summed E-state index contributed by atoms with van der Waals surface area (Å²) < 4.78 is 5.76. The number of hydrogen-bond donors (Lipinski definition) is 1. The number of benzene rings is 2. The van der Waals surface area contributed by atoms with Crippen LogP contribution in [-0.4, -0.2) is 11.1 Å². The molecule has 22 heavy (non-hydrogen) atoms. The van der Waals surface area contributed by atoms with Gasteiger partial charge in [0.1, 0.15) is 11.4 Å². The first-order chi connectivity index (χ1) is 10.2. The number of aromatic hydroxyl groups is 1. The fraction of sp³-hybridized carbons (Fsp3) is 0.421. The van der Waals surface area contributed by atoms with Gasteiger partial charge in [-0.2, -0.15) is 0 Å². The largest absolute Gasteiger partial charge is 0.508 e. The number of carbonyl (C=O) groups is 1. The minimum atomic E-state index is -0.719. The minimum Gasteiger partial charge on any atom is -0.508 e. The standard InChI is InChI=1S/C19H24O3/c1-6-18(2,3)17(21)22-19(4,5)15-9-7-13-8-10-16(20)12-14(13)11-15/h7-12,20H,6H2,1-5H3. The average molecular weight is 300 g/mol. The van der Waals surface area contributed by atoms with Gasteiger partial charge in [-0.15, -0.1) is 0 Å². The number of fused-ring (bicyclic) bond motifs is 1. The Kier molecular flexibility index (Phi) is 4.19. The molecular weight excluding hydrogens is 276 g/mol. The quantitative estimate of drug-likeness (QED) is 0.828. The Morgan fingerprint density at radius 2 is 1.68 bits per heavy atom. The van der Waals surface area contributed by atoms with E-state index in [1.54, 1.807) is 12.1 Å². The molecule has 0 aliphatic heterocycles. The Morgan fingerprint density at radius 3 is 2.32 bits per heavy atom. The van der Waals surface area contributed by atoms with Crippen LogP contribution in [0.2, 0.25) is 0 Å². The van der Waals surface area contributed by atoms with E-state index in [0.29, 0.717) is 0 Å². The Morgan fingerprint density at radius 1 is 1.05 bits per heavy atom. The lowest BCUT2D eigenvalue weighted by Crippen LogP contribution is -2.33. The van der Waals surface area contributed by atoms with Crippen molar-refractivity contribution in [1.29, 1.82) is 0 Å². The Bertz CT molecular complexity index is 699. The van der Waals surface area contributed by atoms with Gasteiger partial charge in [-0.1, -0.05) is 25.1 Å². The van der Waals surface area contributed by atoms with Crippen LogP contribution in [0.4, 0.5) is 0 Å². The first-order valence-electron chi connectivity index (χ1n) is 7.62. The second-order valence-electron chi connectivity index (χ2n) is 6.88. The molecule has 0 bridgehead atoms. The smallest absolute Gasteiger partial charge is 0.312 e. The maximum atomic E-state index is 12.3. The van der Waals surface area contributed by atoms with Crippen LogP contribution < -0.4 is 0 Å². The molecule has 1 N–H and O–H groups in total. The van der Waals surface area contributed by atoms with Crippen LogP contribution in [0.5, 0.6) is 5.75 Å². The molecule has 2 aromatic carbocycles. The van der Waals surface area contributed by atoms with Crippen molar-refractivity contribution in [3.8, 4) is 5.75 Å². The van der Waals surface area contributed by atoms with Gasteiger partial charge >= 0.3 is 5.97 Å². The molecule has 0 spiro atoms. The molecule has 3 nitrogen and oxygen atoms in total. The lowest BCUT2D eigenvalue weighted by molar-refractivity contribution is -0.168. The molecule has 3 heteroatoms. The molecule has 0 radical (unpaired) electrons. The lowest BCUT2D eigenvalue weighted by atomic mass is 9.89. The number of hydrogen-bond acceptors (Lipinski definition) is 3. The Hall–Kier alpha value is -2.03. The van der Waals surface area contributed by atoms with Crippen molar-refractivity contribution in [3.05, 3.63) is 42.0 Å². The molecule has 0 heterocycles. The molecule has 0 aromatic heterocycles. The van der Waals surface area contributed by atoms with Crippen LogP contribution in [0.3, 0.4) is 0 Å². The summed E-state index contributed by atoms with van der Waals surface area (Å²) in [5.41, 5.74) is -0.305. The Balaban J connectivity index is 2.34. The van der Waals surface area contributed by atoms with Gasteiger partial charge in [-0.25, -0.2) is 0 Å². The predicted molar refractivity (Wildman–Crippen MR) is 88.8 cm³/mol.